The van der Waals surface area contributed by atoms with Gasteiger partial charge in [-0.2, -0.15) is 0 Å². The molecule has 1 N–H and O–H groups in total. The first-order valence-electron chi connectivity index (χ1n) is 7.01. The quantitative estimate of drug-likeness (QED) is 0.888. The van der Waals surface area contributed by atoms with Crippen LogP contribution in [0, 0.1) is 5.82 Å². The van der Waals surface area contributed by atoms with Crippen LogP contribution >= 0.6 is 0 Å². The van der Waals surface area contributed by atoms with Crippen molar-refractivity contribution in [2.45, 2.75) is 24.3 Å². The fourth-order valence-electron chi connectivity index (χ4n) is 2.17. The summed E-state index contributed by atoms with van der Waals surface area (Å²) in [5, 5.41) is 3.28. The Morgan fingerprint density at radius 2 is 2.05 bits per heavy atom. The van der Waals surface area contributed by atoms with Gasteiger partial charge in [-0.15, -0.1) is 0 Å². The second-order valence-electron chi connectivity index (χ2n) is 5.21. The zero-order valence-corrected chi connectivity index (χ0v) is 13.4. The molecule has 6 heteroatoms. The molecule has 22 heavy (non-hydrogen) atoms. The smallest absolute Gasteiger partial charge is 0.178 e. The molecule has 0 aliphatic carbocycles. The first-order valence-corrected chi connectivity index (χ1v) is 8.90. The van der Waals surface area contributed by atoms with Crippen LogP contribution in [0.25, 0.3) is 0 Å². The zero-order valence-electron chi connectivity index (χ0n) is 12.6. The molecule has 118 valence electrons. The topological polar surface area (TPSA) is 59.1 Å². The summed E-state index contributed by atoms with van der Waals surface area (Å²) in [5.41, 5.74) is 1.70. The van der Waals surface area contributed by atoms with Crippen LogP contribution in [0.1, 0.15) is 24.2 Å². The maximum Gasteiger partial charge on any atom is 0.178 e. The van der Waals surface area contributed by atoms with Gasteiger partial charge in [-0.1, -0.05) is 12.1 Å². The van der Waals surface area contributed by atoms with Gasteiger partial charge in [-0.25, -0.2) is 12.8 Å². The van der Waals surface area contributed by atoms with Crippen LogP contribution in [-0.4, -0.2) is 26.2 Å². The minimum Gasteiger partial charge on any atom is -0.310 e. The third-order valence-electron chi connectivity index (χ3n) is 3.41. The normalized spacial score (nSPS) is 13.0. The minimum absolute atomic E-state index is 0.0770. The third kappa shape index (κ3) is 4.35. The minimum atomic E-state index is -3.53. The van der Waals surface area contributed by atoms with E-state index in [9.17, 15) is 12.8 Å². The van der Waals surface area contributed by atoms with Gasteiger partial charge in [0, 0.05) is 37.2 Å². The van der Waals surface area contributed by atoms with Gasteiger partial charge in [0.15, 0.2) is 9.84 Å². The third-order valence-corrected chi connectivity index (χ3v) is 4.54. The van der Waals surface area contributed by atoms with Crippen molar-refractivity contribution < 1.29 is 12.8 Å². The highest BCUT2D eigenvalue weighted by Crippen LogP contribution is 2.20. The van der Waals surface area contributed by atoms with E-state index < -0.39 is 15.7 Å². The van der Waals surface area contributed by atoms with Crippen molar-refractivity contribution in [2.75, 3.05) is 12.8 Å². The Morgan fingerprint density at radius 3 is 2.64 bits per heavy atom. The number of hydrogen-bond acceptors (Lipinski definition) is 4. The van der Waals surface area contributed by atoms with E-state index in [0.717, 1.165) is 18.4 Å². The van der Waals surface area contributed by atoms with Crippen LogP contribution in [0.5, 0.6) is 0 Å². The fourth-order valence-corrected chi connectivity index (χ4v) is 2.90. The lowest BCUT2D eigenvalue weighted by atomic mass is 10.1. The van der Waals surface area contributed by atoms with E-state index in [1.165, 1.54) is 12.1 Å². The lowest BCUT2D eigenvalue weighted by molar-refractivity contribution is 0.550. The molecule has 0 aliphatic heterocycles. The van der Waals surface area contributed by atoms with E-state index in [1.54, 1.807) is 12.3 Å². The molecule has 2 rings (SSSR count). The molecule has 1 heterocycles. The van der Waals surface area contributed by atoms with Crippen LogP contribution in [0.2, 0.25) is 0 Å². The number of sulfone groups is 1. The lowest BCUT2D eigenvalue weighted by Crippen LogP contribution is -2.22. The Hall–Kier alpha value is -1.79. The van der Waals surface area contributed by atoms with E-state index in [1.807, 2.05) is 25.1 Å². The van der Waals surface area contributed by atoms with Crippen LogP contribution in [-0.2, 0) is 16.3 Å². The summed E-state index contributed by atoms with van der Waals surface area (Å²) < 4.78 is 36.7. The standard InChI is InChI=1S/C16H19FN2O2S/c1-12(18-10-8-14-5-3-4-9-19-14)13-6-7-16(15(17)11-13)22(2,20)21/h3-7,9,11-12,18H,8,10H2,1-2H3. The number of halogens is 1. The average Bonchev–Trinajstić information content (AvgIpc) is 2.46. The highest BCUT2D eigenvalue weighted by atomic mass is 32.2. The number of rotatable bonds is 6. The predicted octanol–water partition coefficient (Wildman–Crippen LogP) is 2.52. The molecule has 0 saturated carbocycles. The van der Waals surface area contributed by atoms with Crippen LogP contribution in [0.15, 0.2) is 47.5 Å². The summed E-state index contributed by atoms with van der Waals surface area (Å²) in [5.74, 6) is -0.710. The van der Waals surface area contributed by atoms with Crippen LogP contribution in [0.4, 0.5) is 4.39 Å². The van der Waals surface area contributed by atoms with Crippen LogP contribution < -0.4 is 5.32 Å². The summed E-state index contributed by atoms with van der Waals surface area (Å²) in [7, 11) is -3.53. The zero-order chi connectivity index (χ0) is 16.2. The molecule has 0 radical (unpaired) electrons. The van der Waals surface area contributed by atoms with Crippen molar-refractivity contribution >= 4 is 9.84 Å². The van der Waals surface area contributed by atoms with Crippen molar-refractivity contribution in [1.29, 1.82) is 0 Å². The van der Waals surface area contributed by atoms with Gasteiger partial charge in [0.2, 0.25) is 0 Å². The summed E-state index contributed by atoms with van der Waals surface area (Å²) in [6.45, 7) is 2.61. The molecule has 0 fully saturated rings. The van der Waals surface area contributed by atoms with Crippen molar-refractivity contribution in [3.63, 3.8) is 0 Å². The largest absolute Gasteiger partial charge is 0.310 e. The SMILES string of the molecule is CC(NCCc1ccccn1)c1ccc(S(C)(=O)=O)c(F)c1. The van der Waals surface area contributed by atoms with Crippen LogP contribution in [0.3, 0.4) is 0 Å². The molecule has 0 bridgehead atoms. The Balaban J connectivity index is 1.98. The monoisotopic (exact) mass is 322 g/mol. The number of aromatic nitrogens is 1. The lowest BCUT2D eigenvalue weighted by Gasteiger charge is -2.15. The van der Waals surface area contributed by atoms with E-state index in [0.29, 0.717) is 12.1 Å². The number of pyridine rings is 1. The van der Waals surface area contributed by atoms with Gasteiger partial charge >= 0.3 is 0 Å². The van der Waals surface area contributed by atoms with Gasteiger partial charge in [-0.3, -0.25) is 4.98 Å². The Labute approximate surface area is 130 Å². The molecule has 2 aromatic rings. The maximum absolute atomic E-state index is 13.9. The summed E-state index contributed by atoms with van der Waals surface area (Å²) >= 11 is 0. The summed E-state index contributed by atoms with van der Waals surface area (Å²) in [6, 6.07) is 9.90. The molecule has 0 saturated heterocycles. The van der Waals surface area contributed by atoms with E-state index in [4.69, 9.17) is 0 Å². The molecule has 4 nitrogen and oxygen atoms in total. The number of benzene rings is 1. The molecular formula is C16H19FN2O2S. The van der Waals surface area contributed by atoms with Gasteiger partial charge in [-0.05, 0) is 36.8 Å². The fraction of sp³-hybridized carbons (Fsp3) is 0.312. The van der Waals surface area contributed by atoms with Gasteiger partial charge < -0.3 is 5.32 Å². The summed E-state index contributed by atoms with van der Waals surface area (Å²) in [4.78, 5) is 3.97. The highest BCUT2D eigenvalue weighted by Gasteiger charge is 2.15. The van der Waals surface area contributed by atoms with Crippen molar-refractivity contribution in [3.05, 3.63) is 59.7 Å². The second-order valence-corrected chi connectivity index (χ2v) is 7.19. The van der Waals surface area contributed by atoms with Crippen molar-refractivity contribution in [2.24, 2.45) is 0 Å². The van der Waals surface area contributed by atoms with Crippen molar-refractivity contribution in [1.82, 2.24) is 10.3 Å². The Morgan fingerprint density at radius 1 is 1.27 bits per heavy atom. The average molecular weight is 322 g/mol. The molecular weight excluding hydrogens is 303 g/mol. The van der Waals surface area contributed by atoms with Gasteiger partial charge in [0.25, 0.3) is 0 Å². The highest BCUT2D eigenvalue weighted by molar-refractivity contribution is 7.90. The molecule has 0 spiro atoms. The van der Waals surface area contributed by atoms with E-state index in [-0.39, 0.29) is 10.9 Å². The number of nitrogens with zero attached hydrogens (tertiary/aromatic N) is 1. The van der Waals surface area contributed by atoms with Gasteiger partial charge in [0.05, 0.1) is 0 Å². The number of nitrogens with one attached hydrogen (secondary N) is 1. The van der Waals surface area contributed by atoms with E-state index >= 15 is 0 Å². The Bertz CT molecular complexity index is 733. The molecule has 1 aromatic heterocycles. The number of hydrogen-bond donors (Lipinski definition) is 1. The van der Waals surface area contributed by atoms with Crippen molar-refractivity contribution in [3.8, 4) is 0 Å². The molecule has 1 unspecified atom stereocenters. The van der Waals surface area contributed by atoms with E-state index in [2.05, 4.69) is 10.3 Å². The first-order chi connectivity index (χ1) is 10.4. The molecule has 0 amide bonds. The molecule has 0 aliphatic rings. The summed E-state index contributed by atoms with van der Waals surface area (Å²) in [6.07, 6.45) is 3.52. The second kappa shape index (κ2) is 6.98. The molecule has 1 aromatic carbocycles. The Kier molecular flexibility index (Phi) is 5.26. The maximum atomic E-state index is 13.9. The van der Waals surface area contributed by atoms with Gasteiger partial charge in [0.1, 0.15) is 10.7 Å². The molecule has 1 atom stereocenters. The first kappa shape index (κ1) is 16.6. The predicted molar refractivity (Wildman–Crippen MR) is 83.9 cm³/mol.